The first-order valence-corrected chi connectivity index (χ1v) is 5.75. The summed E-state index contributed by atoms with van der Waals surface area (Å²) >= 11 is 0. The number of methoxy groups -OCH3 is 1. The van der Waals surface area contributed by atoms with Gasteiger partial charge in [-0.15, -0.1) is 0 Å². The van der Waals surface area contributed by atoms with Gasteiger partial charge in [0.05, 0.1) is 12.7 Å². The van der Waals surface area contributed by atoms with Crippen molar-refractivity contribution >= 4 is 17.4 Å². The van der Waals surface area contributed by atoms with E-state index < -0.39 is 0 Å². The molecule has 0 saturated carbocycles. The van der Waals surface area contributed by atoms with Crippen molar-refractivity contribution in [1.82, 2.24) is 4.98 Å². The zero-order chi connectivity index (χ0) is 13.8. The maximum Gasteiger partial charge on any atom is 0.259 e. The maximum atomic E-state index is 12.3. The lowest BCUT2D eigenvalue weighted by molar-refractivity contribution is 0.0992. The predicted molar refractivity (Wildman–Crippen MR) is 74.4 cm³/mol. The maximum absolute atomic E-state index is 12.3. The summed E-state index contributed by atoms with van der Waals surface area (Å²) in [5, 5.41) is 0. The first-order valence-electron chi connectivity index (χ1n) is 5.75. The van der Waals surface area contributed by atoms with Gasteiger partial charge in [0.1, 0.15) is 11.6 Å². The summed E-state index contributed by atoms with van der Waals surface area (Å²) in [6.45, 7) is 0. The fourth-order valence-corrected chi connectivity index (χ4v) is 1.66. The van der Waals surface area contributed by atoms with Gasteiger partial charge in [0.2, 0.25) is 0 Å². The molecule has 19 heavy (non-hydrogen) atoms. The molecule has 1 heterocycles. The van der Waals surface area contributed by atoms with E-state index in [9.17, 15) is 4.79 Å². The van der Waals surface area contributed by atoms with E-state index in [1.54, 1.807) is 32.4 Å². The minimum absolute atomic E-state index is 0.152. The Kier molecular flexibility index (Phi) is 3.66. The van der Waals surface area contributed by atoms with Crippen molar-refractivity contribution in [3.63, 3.8) is 0 Å². The average molecular weight is 257 g/mol. The molecule has 0 aliphatic rings. The lowest BCUT2D eigenvalue weighted by atomic mass is 10.2. The van der Waals surface area contributed by atoms with Gasteiger partial charge in [-0.25, -0.2) is 4.98 Å². The molecule has 0 saturated heterocycles. The van der Waals surface area contributed by atoms with Crippen LogP contribution in [0.5, 0.6) is 5.75 Å². The van der Waals surface area contributed by atoms with E-state index in [2.05, 4.69) is 4.98 Å². The number of nitrogens with zero attached hydrogens (tertiary/aromatic N) is 2. The molecule has 0 spiro atoms. The molecule has 1 aromatic carbocycles. The molecule has 0 atom stereocenters. The van der Waals surface area contributed by atoms with Crippen LogP contribution < -0.4 is 15.4 Å². The number of carbonyl (C=O) groups is 1. The third-order valence-electron chi connectivity index (χ3n) is 2.78. The topological polar surface area (TPSA) is 68.5 Å². The minimum Gasteiger partial charge on any atom is -0.497 e. The van der Waals surface area contributed by atoms with Gasteiger partial charge in [-0.3, -0.25) is 4.79 Å². The van der Waals surface area contributed by atoms with Crippen LogP contribution >= 0.6 is 0 Å². The molecule has 0 fully saturated rings. The van der Waals surface area contributed by atoms with Crippen LogP contribution in [0.4, 0.5) is 11.5 Å². The highest BCUT2D eigenvalue weighted by Gasteiger charge is 2.14. The second-order valence-corrected chi connectivity index (χ2v) is 4.04. The van der Waals surface area contributed by atoms with E-state index in [1.807, 2.05) is 18.2 Å². The van der Waals surface area contributed by atoms with Gasteiger partial charge in [-0.2, -0.15) is 0 Å². The number of rotatable bonds is 3. The number of amides is 1. The van der Waals surface area contributed by atoms with E-state index in [0.717, 1.165) is 5.69 Å². The van der Waals surface area contributed by atoms with Gasteiger partial charge in [0.25, 0.3) is 5.91 Å². The molecule has 0 aliphatic heterocycles. The molecule has 98 valence electrons. The van der Waals surface area contributed by atoms with E-state index in [-0.39, 0.29) is 5.91 Å². The second-order valence-electron chi connectivity index (χ2n) is 4.04. The van der Waals surface area contributed by atoms with Crippen LogP contribution in [0.1, 0.15) is 10.4 Å². The summed E-state index contributed by atoms with van der Waals surface area (Å²) in [7, 11) is 3.29. The van der Waals surface area contributed by atoms with Gasteiger partial charge in [0.15, 0.2) is 0 Å². The highest BCUT2D eigenvalue weighted by atomic mass is 16.5. The monoisotopic (exact) mass is 257 g/mol. The van der Waals surface area contributed by atoms with Crippen molar-refractivity contribution in [2.75, 3.05) is 24.8 Å². The van der Waals surface area contributed by atoms with Crippen LogP contribution in [0, 0.1) is 0 Å². The number of aromatic nitrogens is 1. The van der Waals surface area contributed by atoms with Crippen LogP contribution in [0.2, 0.25) is 0 Å². The number of ether oxygens (including phenoxy) is 1. The van der Waals surface area contributed by atoms with Crippen molar-refractivity contribution in [2.45, 2.75) is 0 Å². The first kappa shape index (κ1) is 12.9. The van der Waals surface area contributed by atoms with Crippen LogP contribution in [-0.4, -0.2) is 25.0 Å². The highest BCUT2D eigenvalue weighted by molar-refractivity contribution is 6.05. The molecular formula is C14H15N3O2. The van der Waals surface area contributed by atoms with Gasteiger partial charge in [-0.1, -0.05) is 6.07 Å². The summed E-state index contributed by atoms with van der Waals surface area (Å²) in [5.74, 6) is 0.939. The molecule has 2 N–H and O–H groups in total. The zero-order valence-electron chi connectivity index (χ0n) is 10.8. The Morgan fingerprint density at radius 2 is 2.11 bits per heavy atom. The van der Waals surface area contributed by atoms with Crippen LogP contribution in [-0.2, 0) is 0 Å². The molecule has 1 aromatic heterocycles. The molecule has 2 rings (SSSR count). The standard InChI is InChI=1S/C14H15N3O2/c1-17(11-4-3-5-12(8-11)19-2)14(18)10-6-7-13(15)16-9-10/h3-9H,1-2H3,(H2,15,16). The molecule has 0 aliphatic carbocycles. The quantitative estimate of drug-likeness (QED) is 0.912. The Labute approximate surface area is 111 Å². The number of hydrogen-bond donors (Lipinski definition) is 1. The predicted octanol–water partition coefficient (Wildman–Crippen LogP) is 1.95. The second kappa shape index (κ2) is 5.39. The number of nitrogen functional groups attached to an aromatic ring is 1. The number of carbonyl (C=O) groups excluding carboxylic acids is 1. The summed E-state index contributed by atoms with van der Waals surface area (Å²) in [5.41, 5.74) is 6.74. The SMILES string of the molecule is COc1cccc(N(C)C(=O)c2ccc(N)nc2)c1. The number of nitrogens with two attached hydrogens (primary N) is 1. The summed E-state index contributed by atoms with van der Waals surface area (Å²) in [6.07, 6.45) is 1.47. The molecule has 0 unspecified atom stereocenters. The lowest BCUT2D eigenvalue weighted by Gasteiger charge is -2.17. The van der Waals surface area contributed by atoms with Gasteiger partial charge < -0.3 is 15.4 Å². The van der Waals surface area contributed by atoms with Crippen molar-refractivity contribution in [1.29, 1.82) is 0 Å². The molecule has 2 aromatic rings. The van der Waals surface area contributed by atoms with Crippen LogP contribution in [0.3, 0.4) is 0 Å². The van der Waals surface area contributed by atoms with Gasteiger partial charge in [-0.05, 0) is 24.3 Å². The van der Waals surface area contributed by atoms with E-state index in [4.69, 9.17) is 10.5 Å². The highest BCUT2D eigenvalue weighted by Crippen LogP contribution is 2.21. The fourth-order valence-electron chi connectivity index (χ4n) is 1.66. The Morgan fingerprint density at radius 3 is 2.74 bits per heavy atom. The van der Waals surface area contributed by atoms with Crippen molar-refractivity contribution in [3.8, 4) is 5.75 Å². The summed E-state index contributed by atoms with van der Waals surface area (Å²) in [4.78, 5) is 17.7. The van der Waals surface area contributed by atoms with Gasteiger partial charge in [0, 0.05) is 25.0 Å². The van der Waals surface area contributed by atoms with E-state index in [1.165, 1.54) is 11.1 Å². The lowest BCUT2D eigenvalue weighted by Crippen LogP contribution is -2.26. The number of anilines is 2. The summed E-state index contributed by atoms with van der Waals surface area (Å²) in [6, 6.07) is 10.5. The molecule has 0 radical (unpaired) electrons. The van der Waals surface area contributed by atoms with Gasteiger partial charge >= 0.3 is 0 Å². The first-order chi connectivity index (χ1) is 9.11. The smallest absolute Gasteiger partial charge is 0.259 e. The Bertz CT molecular complexity index is 581. The number of pyridine rings is 1. The van der Waals surface area contributed by atoms with E-state index >= 15 is 0 Å². The normalized spacial score (nSPS) is 10.0. The zero-order valence-corrected chi connectivity index (χ0v) is 10.8. The minimum atomic E-state index is -0.152. The molecule has 5 nitrogen and oxygen atoms in total. The number of benzene rings is 1. The largest absolute Gasteiger partial charge is 0.497 e. The third kappa shape index (κ3) is 2.82. The van der Waals surface area contributed by atoms with Crippen molar-refractivity contribution in [3.05, 3.63) is 48.2 Å². The third-order valence-corrected chi connectivity index (χ3v) is 2.78. The van der Waals surface area contributed by atoms with Crippen LogP contribution in [0.15, 0.2) is 42.6 Å². The molecule has 0 bridgehead atoms. The average Bonchev–Trinajstić information content (AvgIpc) is 2.46. The van der Waals surface area contributed by atoms with Crippen LogP contribution in [0.25, 0.3) is 0 Å². The fraction of sp³-hybridized carbons (Fsp3) is 0.143. The molecular weight excluding hydrogens is 242 g/mol. The Hall–Kier alpha value is -2.56. The molecule has 1 amide bonds. The van der Waals surface area contributed by atoms with E-state index in [0.29, 0.717) is 17.1 Å². The summed E-state index contributed by atoms with van der Waals surface area (Å²) < 4.78 is 5.14. The molecule has 5 heteroatoms. The number of hydrogen-bond acceptors (Lipinski definition) is 4. The van der Waals surface area contributed by atoms with Crippen molar-refractivity contribution in [2.24, 2.45) is 0 Å². The Balaban J connectivity index is 2.25. The Morgan fingerprint density at radius 1 is 1.32 bits per heavy atom. The van der Waals surface area contributed by atoms with Crippen molar-refractivity contribution < 1.29 is 9.53 Å².